The fourth-order valence-electron chi connectivity index (χ4n) is 4.14. The lowest BCUT2D eigenvalue weighted by Gasteiger charge is -2.38. The highest BCUT2D eigenvalue weighted by atomic mass is 16.6. The van der Waals surface area contributed by atoms with E-state index in [4.69, 9.17) is 9.47 Å². The first-order valence-corrected chi connectivity index (χ1v) is 9.63. The van der Waals surface area contributed by atoms with E-state index in [-0.39, 0.29) is 11.7 Å². The maximum atomic E-state index is 6.24. The van der Waals surface area contributed by atoms with Crippen LogP contribution in [0.4, 0.5) is 0 Å². The Bertz CT molecular complexity index is 711. The molecule has 4 heteroatoms. The minimum absolute atomic E-state index is 0.0337. The third-order valence-corrected chi connectivity index (χ3v) is 5.67. The van der Waals surface area contributed by atoms with Crippen LogP contribution in [0.5, 0.6) is 0 Å². The Hall–Kier alpha value is -1.75. The largest absolute Gasteiger partial charge is 0.372 e. The highest BCUT2D eigenvalue weighted by Crippen LogP contribution is 2.37. The van der Waals surface area contributed by atoms with Gasteiger partial charge in [0.15, 0.2) is 0 Å². The Labute approximate surface area is 156 Å². The van der Waals surface area contributed by atoms with Crippen molar-refractivity contribution < 1.29 is 9.47 Å². The lowest BCUT2D eigenvalue weighted by Crippen LogP contribution is -2.43. The third-order valence-electron chi connectivity index (χ3n) is 5.67. The summed E-state index contributed by atoms with van der Waals surface area (Å²) < 4.78 is 12.3. The van der Waals surface area contributed by atoms with Gasteiger partial charge in [-0.25, -0.2) is 0 Å². The molecule has 1 aromatic heterocycles. The summed E-state index contributed by atoms with van der Waals surface area (Å²) in [5.41, 5.74) is 3.96. The lowest BCUT2D eigenvalue weighted by atomic mass is 9.88. The quantitative estimate of drug-likeness (QED) is 0.821. The molecule has 2 aliphatic rings. The van der Waals surface area contributed by atoms with E-state index in [0.29, 0.717) is 6.61 Å². The van der Waals surface area contributed by atoms with E-state index >= 15 is 0 Å². The number of pyridine rings is 1. The molecule has 3 heterocycles. The average molecular weight is 352 g/mol. The molecule has 0 bridgehead atoms. The second-order valence-electron chi connectivity index (χ2n) is 7.75. The van der Waals surface area contributed by atoms with Crippen LogP contribution in [0, 0.1) is 6.92 Å². The molecule has 2 saturated heterocycles. The minimum atomic E-state index is 0.0337. The number of ether oxygens (including phenoxy) is 2. The number of benzene rings is 1. The van der Waals surface area contributed by atoms with Gasteiger partial charge in [-0.05, 0) is 43.0 Å². The van der Waals surface area contributed by atoms with E-state index in [1.165, 1.54) is 16.7 Å². The van der Waals surface area contributed by atoms with E-state index in [1.807, 2.05) is 24.5 Å². The second kappa shape index (κ2) is 7.87. The van der Waals surface area contributed by atoms with Gasteiger partial charge in [0.25, 0.3) is 0 Å². The molecule has 1 spiro atoms. The molecule has 0 amide bonds. The zero-order valence-electron chi connectivity index (χ0n) is 15.6. The van der Waals surface area contributed by atoms with Crippen LogP contribution in [0.2, 0.25) is 0 Å². The zero-order valence-corrected chi connectivity index (χ0v) is 15.6. The van der Waals surface area contributed by atoms with Crippen LogP contribution < -0.4 is 0 Å². The monoisotopic (exact) mass is 352 g/mol. The zero-order chi connectivity index (χ0) is 17.8. The summed E-state index contributed by atoms with van der Waals surface area (Å²) in [4.78, 5) is 6.60. The maximum Gasteiger partial charge on any atom is 0.0840 e. The van der Waals surface area contributed by atoms with Crippen molar-refractivity contribution in [1.29, 1.82) is 0 Å². The van der Waals surface area contributed by atoms with E-state index in [9.17, 15) is 0 Å². The first-order chi connectivity index (χ1) is 12.7. The van der Waals surface area contributed by atoms with E-state index in [2.05, 4.69) is 41.1 Å². The van der Waals surface area contributed by atoms with Gasteiger partial charge in [0.1, 0.15) is 0 Å². The predicted octanol–water partition coefficient (Wildman–Crippen LogP) is 3.73. The third kappa shape index (κ3) is 4.32. The molecule has 4 rings (SSSR count). The lowest BCUT2D eigenvalue weighted by molar-refractivity contribution is -0.0468. The van der Waals surface area contributed by atoms with Crippen molar-refractivity contribution in [2.45, 2.75) is 51.0 Å². The topological polar surface area (TPSA) is 34.6 Å². The molecule has 2 aliphatic heterocycles. The summed E-state index contributed by atoms with van der Waals surface area (Å²) in [7, 11) is 0. The van der Waals surface area contributed by atoms with Crippen LogP contribution >= 0.6 is 0 Å². The average Bonchev–Trinajstić information content (AvgIpc) is 3.06. The molecule has 0 unspecified atom stereocenters. The van der Waals surface area contributed by atoms with Crippen LogP contribution in [0.25, 0.3) is 0 Å². The van der Waals surface area contributed by atoms with Gasteiger partial charge in [-0.15, -0.1) is 0 Å². The number of hydrogen-bond donors (Lipinski definition) is 0. The van der Waals surface area contributed by atoms with Gasteiger partial charge in [0, 0.05) is 38.4 Å². The van der Waals surface area contributed by atoms with Crippen molar-refractivity contribution in [3.63, 3.8) is 0 Å². The Morgan fingerprint density at radius 2 is 1.96 bits per heavy atom. The van der Waals surface area contributed by atoms with Gasteiger partial charge in [-0.3, -0.25) is 9.88 Å². The summed E-state index contributed by atoms with van der Waals surface area (Å²) in [6, 6.07) is 12.9. The smallest absolute Gasteiger partial charge is 0.0840 e. The normalized spacial score (nSPS) is 22.7. The maximum absolute atomic E-state index is 6.24. The van der Waals surface area contributed by atoms with E-state index in [0.717, 1.165) is 45.5 Å². The number of aryl methyl sites for hydroxylation is 1. The number of hydrogen-bond acceptors (Lipinski definition) is 4. The fourth-order valence-corrected chi connectivity index (χ4v) is 4.14. The van der Waals surface area contributed by atoms with Gasteiger partial charge in [-0.1, -0.05) is 29.8 Å². The van der Waals surface area contributed by atoms with Gasteiger partial charge in [-0.2, -0.15) is 0 Å². The van der Waals surface area contributed by atoms with Crippen molar-refractivity contribution in [2.24, 2.45) is 0 Å². The van der Waals surface area contributed by atoms with Gasteiger partial charge < -0.3 is 9.47 Å². The van der Waals surface area contributed by atoms with Crippen molar-refractivity contribution in [3.05, 3.63) is 65.5 Å². The van der Waals surface area contributed by atoms with E-state index in [1.54, 1.807) is 0 Å². The Balaban J connectivity index is 1.25. The first-order valence-electron chi connectivity index (χ1n) is 9.63. The Morgan fingerprint density at radius 3 is 2.73 bits per heavy atom. The molecular weight excluding hydrogens is 324 g/mol. The standard InChI is InChI=1S/C22H28N2O2/c1-18-3-2-4-20(13-18)15-24-11-7-22(8-12-24)14-21(17-26-22)25-16-19-5-9-23-10-6-19/h2-6,9-10,13,21H,7-8,11-12,14-17H2,1H3/t21-/m0/s1. The summed E-state index contributed by atoms with van der Waals surface area (Å²) in [5, 5.41) is 0. The molecule has 26 heavy (non-hydrogen) atoms. The Morgan fingerprint density at radius 1 is 1.15 bits per heavy atom. The van der Waals surface area contributed by atoms with Crippen LogP contribution in [-0.2, 0) is 22.6 Å². The molecular formula is C22H28N2O2. The molecule has 4 nitrogen and oxygen atoms in total. The molecule has 2 fully saturated rings. The molecule has 1 aromatic carbocycles. The van der Waals surface area contributed by atoms with Gasteiger partial charge >= 0.3 is 0 Å². The van der Waals surface area contributed by atoms with Crippen molar-refractivity contribution in [1.82, 2.24) is 9.88 Å². The highest BCUT2D eigenvalue weighted by molar-refractivity contribution is 5.22. The van der Waals surface area contributed by atoms with Crippen molar-refractivity contribution in [2.75, 3.05) is 19.7 Å². The summed E-state index contributed by atoms with van der Waals surface area (Å²) in [6.45, 7) is 6.78. The summed E-state index contributed by atoms with van der Waals surface area (Å²) in [6.07, 6.45) is 7.08. The van der Waals surface area contributed by atoms with Gasteiger partial charge in [0.2, 0.25) is 0 Å². The number of piperidine rings is 1. The van der Waals surface area contributed by atoms with Crippen LogP contribution in [0.3, 0.4) is 0 Å². The van der Waals surface area contributed by atoms with Crippen molar-refractivity contribution >= 4 is 0 Å². The second-order valence-corrected chi connectivity index (χ2v) is 7.75. The Kier molecular flexibility index (Phi) is 5.34. The SMILES string of the molecule is Cc1cccc(CN2CCC3(CC2)C[C@H](OCc2ccncc2)CO3)c1. The highest BCUT2D eigenvalue weighted by Gasteiger charge is 2.43. The summed E-state index contributed by atoms with van der Waals surface area (Å²) in [5.74, 6) is 0. The molecule has 2 aromatic rings. The predicted molar refractivity (Wildman–Crippen MR) is 102 cm³/mol. The van der Waals surface area contributed by atoms with E-state index < -0.39 is 0 Å². The molecule has 138 valence electrons. The van der Waals surface area contributed by atoms with Crippen LogP contribution in [0.1, 0.15) is 36.0 Å². The van der Waals surface area contributed by atoms with Crippen LogP contribution in [0.15, 0.2) is 48.8 Å². The fraction of sp³-hybridized carbons (Fsp3) is 0.500. The first kappa shape index (κ1) is 17.7. The van der Waals surface area contributed by atoms with Gasteiger partial charge in [0.05, 0.1) is 24.9 Å². The molecule has 0 radical (unpaired) electrons. The molecule has 0 N–H and O–H groups in total. The molecule has 0 saturated carbocycles. The number of rotatable bonds is 5. The number of nitrogens with zero attached hydrogens (tertiary/aromatic N) is 2. The number of likely N-dealkylation sites (tertiary alicyclic amines) is 1. The molecule has 1 atom stereocenters. The minimum Gasteiger partial charge on any atom is -0.372 e. The molecule has 0 aliphatic carbocycles. The number of aromatic nitrogens is 1. The van der Waals surface area contributed by atoms with Crippen LogP contribution in [-0.4, -0.2) is 41.3 Å². The summed E-state index contributed by atoms with van der Waals surface area (Å²) >= 11 is 0. The van der Waals surface area contributed by atoms with Crippen molar-refractivity contribution in [3.8, 4) is 0 Å².